The molecule has 0 radical (unpaired) electrons. The Balaban J connectivity index is 1.49. The number of hydrogen-bond donors (Lipinski definition) is 1. The van der Waals surface area contributed by atoms with Gasteiger partial charge >= 0.3 is 0 Å². The van der Waals surface area contributed by atoms with Gasteiger partial charge in [0.2, 0.25) is 5.88 Å². The number of carbonyl (C=O) groups excluding carboxylic acids is 1. The zero-order valence-electron chi connectivity index (χ0n) is 15.9. The van der Waals surface area contributed by atoms with Gasteiger partial charge in [-0.05, 0) is 56.6 Å². The second kappa shape index (κ2) is 7.76. The summed E-state index contributed by atoms with van der Waals surface area (Å²) in [6.07, 6.45) is 3.54. The minimum atomic E-state index is -0.238. The third-order valence-corrected chi connectivity index (χ3v) is 4.89. The Labute approximate surface area is 170 Å². The van der Waals surface area contributed by atoms with Crippen molar-refractivity contribution in [3.63, 3.8) is 0 Å². The molecule has 0 saturated carbocycles. The quantitative estimate of drug-likeness (QED) is 0.539. The van der Waals surface area contributed by atoms with Gasteiger partial charge < -0.3 is 10.1 Å². The Kier molecular flexibility index (Phi) is 5.00. The fourth-order valence-electron chi connectivity index (χ4n) is 2.68. The number of benzene rings is 1. The number of aromatic nitrogens is 6. The van der Waals surface area contributed by atoms with Crippen molar-refractivity contribution in [1.82, 2.24) is 29.1 Å². The van der Waals surface area contributed by atoms with Gasteiger partial charge in [-0.1, -0.05) is 4.49 Å². The Morgan fingerprint density at radius 2 is 1.93 bits per heavy atom. The fraction of sp³-hybridized carbons (Fsp3) is 0.158. The Hall–Kier alpha value is -3.66. The van der Waals surface area contributed by atoms with E-state index >= 15 is 0 Å². The molecule has 1 N–H and O–H groups in total. The van der Waals surface area contributed by atoms with E-state index in [9.17, 15) is 4.79 Å². The molecular weight excluding hydrogens is 390 g/mol. The van der Waals surface area contributed by atoms with E-state index in [2.05, 4.69) is 29.9 Å². The highest BCUT2D eigenvalue weighted by Gasteiger charge is 2.13. The van der Waals surface area contributed by atoms with E-state index in [1.54, 1.807) is 50.4 Å². The average molecular weight is 407 g/mol. The van der Waals surface area contributed by atoms with E-state index in [4.69, 9.17) is 4.74 Å². The number of hydrogen-bond acceptors (Lipinski definition) is 8. The number of anilines is 1. The second-order valence-corrected chi connectivity index (χ2v) is 6.98. The molecule has 0 aliphatic heterocycles. The molecular formula is C19H17N7O2S. The zero-order chi connectivity index (χ0) is 20.4. The number of rotatable bonds is 5. The van der Waals surface area contributed by atoms with Crippen LogP contribution in [0.2, 0.25) is 0 Å². The van der Waals surface area contributed by atoms with Crippen LogP contribution in [-0.2, 0) is 0 Å². The van der Waals surface area contributed by atoms with Crippen LogP contribution in [0.1, 0.15) is 27.0 Å². The van der Waals surface area contributed by atoms with Crippen molar-refractivity contribution >= 4 is 23.1 Å². The maximum atomic E-state index is 12.3. The smallest absolute Gasteiger partial charge is 0.269 e. The highest BCUT2D eigenvalue weighted by Crippen LogP contribution is 2.24. The van der Waals surface area contributed by atoms with Crippen LogP contribution < -0.4 is 10.1 Å². The summed E-state index contributed by atoms with van der Waals surface area (Å²) < 4.78 is 11.5. The Morgan fingerprint density at radius 1 is 1.14 bits per heavy atom. The molecule has 29 heavy (non-hydrogen) atoms. The minimum absolute atomic E-state index is 0.238. The summed E-state index contributed by atoms with van der Waals surface area (Å²) in [5.41, 5.74) is 1.25. The monoisotopic (exact) mass is 407 g/mol. The zero-order valence-corrected chi connectivity index (χ0v) is 16.8. The predicted molar refractivity (Wildman–Crippen MR) is 108 cm³/mol. The van der Waals surface area contributed by atoms with E-state index in [-0.39, 0.29) is 5.91 Å². The number of nitrogens with zero attached hydrogens (tertiary/aromatic N) is 6. The van der Waals surface area contributed by atoms with Gasteiger partial charge in [0.05, 0.1) is 5.69 Å². The lowest BCUT2D eigenvalue weighted by Crippen LogP contribution is -2.11. The van der Waals surface area contributed by atoms with Gasteiger partial charge in [0, 0.05) is 24.1 Å². The lowest BCUT2D eigenvalue weighted by molar-refractivity contribution is 0.103. The molecule has 4 aromatic rings. The normalized spacial score (nSPS) is 10.7. The number of ether oxygens (including phenoxy) is 1. The van der Waals surface area contributed by atoms with Crippen molar-refractivity contribution < 1.29 is 9.53 Å². The molecule has 0 unspecified atom stereocenters. The van der Waals surface area contributed by atoms with E-state index in [1.165, 1.54) is 0 Å². The number of aryl methyl sites for hydroxylation is 3. The van der Waals surface area contributed by atoms with E-state index < -0.39 is 0 Å². The first-order valence-corrected chi connectivity index (χ1v) is 9.51. The molecule has 0 aliphatic carbocycles. The van der Waals surface area contributed by atoms with Crippen molar-refractivity contribution in [3.8, 4) is 17.4 Å². The summed E-state index contributed by atoms with van der Waals surface area (Å²) in [5, 5.41) is 6.67. The van der Waals surface area contributed by atoms with Crippen LogP contribution in [0, 0.1) is 20.8 Å². The number of imidazole rings is 1. The first kappa shape index (κ1) is 18.7. The summed E-state index contributed by atoms with van der Waals surface area (Å²) in [5.74, 6) is 2.86. The molecule has 10 heteroatoms. The SMILES string of the molecule is Cc1nc(Oc2ccc(NC(=O)c3snnc3C)cc2)cc(-n2ccnc2C)n1. The van der Waals surface area contributed by atoms with Crippen LogP contribution in [0.15, 0.2) is 42.7 Å². The average Bonchev–Trinajstić information content (AvgIpc) is 3.31. The lowest BCUT2D eigenvalue weighted by Gasteiger charge is -2.10. The predicted octanol–water partition coefficient (Wildman–Crippen LogP) is 3.48. The topological polar surface area (TPSA) is 108 Å². The molecule has 3 heterocycles. The van der Waals surface area contributed by atoms with Crippen LogP contribution >= 0.6 is 11.5 Å². The summed E-state index contributed by atoms with van der Waals surface area (Å²) in [7, 11) is 0. The van der Waals surface area contributed by atoms with Crippen LogP contribution in [0.3, 0.4) is 0 Å². The minimum Gasteiger partial charge on any atom is -0.439 e. The molecule has 1 amide bonds. The van der Waals surface area contributed by atoms with E-state index in [0.717, 1.165) is 17.4 Å². The third kappa shape index (κ3) is 4.11. The van der Waals surface area contributed by atoms with Crippen LogP contribution in [0.25, 0.3) is 5.82 Å². The molecule has 3 aromatic heterocycles. The van der Waals surface area contributed by atoms with Crippen molar-refractivity contribution in [2.75, 3.05) is 5.32 Å². The number of amides is 1. The molecule has 146 valence electrons. The summed E-state index contributed by atoms with van der Waals surface area (Å²) in [4.78, 5) is 25.7. The van der Waals surface area contributed by atoms with Crippen LogP contribution in [0.4, 0.5) is 5.69 Å². The molecule has 4 rings (SSSR count). The molecule has 0 saturated heterocycles. The summed E-state index contributed by atoms with van der Waals surface area (Å²) in [6.45, 7) is 5.45. The number of carbonyl (C=O) groups is 1. The second-order valence-electron chi connectivity index (χ2n) is 6.22. The van der Waals surface area contributed by atoms with Gasteiger partial charge in [-0.2, -0.15) is 4.98 Å². The van der Waals surface area contributed by atoms with Crippen molar-refractivity contribution in [2.24, 2.45) is 0 Å². The standard InChI is InChI=1S/C19H17N7O2S/c1-11-18(29-25-24-11)19(27)23-14-4-6-15(7-5-14)28-17-10-16(21-12(2)22-17)26-9-8-20-13(26)3/h4-10H,1-3H3,(H,23,27). The first-order chi connectivity index (χ1) is 14.0. The van der Waals surface area contributed by atoms with Gasteiger partial charge in [-0.25, -0.2) is 9.97 Å². The van der Waals surface area contributed by atoms with Crippen molar-refractivity contribution in [2.45, 2.75) is 20.8 Å². The Morgan fingerprint density at radius 3 is 2.59 bits per heavy atom. The highest BCUT2D eigenvalue weighted by molar-refractivity contribution is 7.08. The van der Waals surface area contributed by atoms with Gasteiger partial charge in [0.1, 0.15) is 28.1 Å². The van der Waals surface area contributed by atoms with E-state index in [1.807, 2.05) is 17.7 Å². The van der Waals surface area contributed by atoms with Crippen molar-refractivity contribution in [1.29, 1.82) is 0 Å². The van der Waals surface area contributed by atoms with Crippen molar-refractivity contribution in [3.05, 3.63) is 64.9 Å². The molecule has 0 fully saturated rings. The van der Waals surface area contributed by atoms with Crippen LogP contribution in [-0.4, -0.2) is 35.0 Å². The maximum Gasteiger partial charge on any atom is 0.269 e. The van der Waals surface area contributed by atoms with Gasteiger partial charge in [-0.15, -0.1) is 5.10 Å². The Bertz CT molecular complexity index is 1170. The van der Waals surface area contributed by atoms with Gasteiger partial charge in [0.15, 0.2) is 0 Å². The van der Waals surface area contributed by atoms with Gasteiger partial charge in [-0.3, -0.25) is 9.36 Å². The molecule has 1 aromatic carbocycles. The van der Waals surface area contributed by atoms with Gasteiger partial charge in [0.25, 0.3) is 5.91 Å². The first-order valence-electron chi connectivity index (χ1n) is 8.74. The van der Waals surface area contributed by atoms with Crippen LogP contribution in [0.5, 0.6) is 11.6 Å². The summed E-state index contributed by atoms with van der Waals surface area (Å²) >= 11 is 1.07. The maximum absolute atomic E-state index is 12.3. The molecule has 9 nitrogen and oxygen atoms in total. The largest absolute Gasteiger partial charge is 0.439 e. The molecule has 0 aliphatic rings. The third-order valence-electron chi connectivity index (χ3n) is 4.07. The molecule has 0 spiro atoms. The number of nitrogens with one attached hydrogen (secondary N) is 1. The lowest BCUT2D eigenvalue weighted by atomic mass is 10.3. The molecule has 0 atom stereocenters. The summed E-state index contributed by atoms with van der Waals surface area (Å²) in [6, 6.07) is 8.77. The van der Waals surface area contributed by atoms with E-state index in [0.29, 0.717) is 39.5 Å². The molecule has 0 bridgehead atoms. The fourth-order valence-corrected chi connectivity index (χ4v) is 3.23. The highest BCUT2D eigenvalue weighted by atomic mass is 32.1.